The van der Waals surface area contributed by atoms with Crippen LogP contribution >= 0.6 is 34.8 Å². The van der Waals surface area contributed by atoms with Crippen molar-refractivity contribution in [1.82, 2.24) is 9.62 Å². The second-order valence-electron chi connectivity index (χ2n) is 7.96. The SMILES string of the molecule is CN(C)c1ccc(CNC(=O)COCC2CCCN2S(=O)(=O)c2c(Cl)cc(Cl)cc2Cl)cc1. The molecule has 1 unspecified atom stereocenters. The van der Waals surface area contributed by atoms with Gasteiger partial charge in [-0.3, -0.25) is 4.79 Å². The summed E-state index contributed by atoms with van der Waals surface area (Å²) in [6.45, 7) is 0.629. The van der Waals surface area contributed by atoms with E-state index in [0.29, 0.717) is 25.9 Å². The molecule has 1 N–H and O–H groups in total. The van der Waals surface area contributed by atoms with E-state index in [4.69, 9.17) is 39.5 Å². The average molecular weight is 535 g/mol. The number of halogens is 3. The second kappa shape index (κ2) is 11.3. The molecule has 0 aromatic heterocycles. The maximum absolute atomic E-state index is 13.2. The van der Waals surface area contributed by atoms with Crippen molar-refractivity contribution in [2.75, 3.05) is 38.8 Å². The Kier molecular flexibility index (Phi) is 8.89. The Labute approximate surface area is 209 Å². The lowest BCUT2D eigenvalue weighted by Gasteiger charge is -2.25. The van der Waals surface area contributed by atoms with E-state index in [1.165, 1.54) is 16.4 Å². The molecule has 33 heavy (non-hydrogen) atoms. The lowest BCUT2D eigenvalue weighted by Crippen LogP contribution is -2.39. The first kappa shape index (κ1) is 26.1. The number of sulfonamides is 1. The monoisotopic (exact) mass is 533 g/mol. The minimum atomic E-state index is -3.95. The van der Waals surface area contributed by atoms with Gasteiger partial charge in [-0.2, -0.15) is 4.31 Å². The first-order chi connectivity index (χ1) is 15.6. The Hall–Kier alpha value is -1.55. The van der Waals surface area contributed by atoms with Crippen LogP contribution in [0, 0.1) is 0 Å². The van der Waals surface area contributed by atoms with Crippen LogP contribution in [0.1, 0.15) is 18.4 Å². The first-order valence-corrected chi connectivity index (χ1v) is 12.9. The Morgan fingerprint density at radius 2 is 1.79 bits per heavy atom. The summed E-state index contributed by atoms with van der Waals surface area (Å²) in [5.74, 6) is -0.275. The predicted molar refractivity (Wildman–Crippen MR) is 132 cm³/mol. The summed E-state index contributed by atoms with van der Waals surface area (Å²) < 4.78 is 33.3. The summed E-state index contributed by atoms with van der Waals surface area (Å²) in [6.07, 6.45) is 1.28. The van der Waals surface area contributed by atoms with Crippen molar-refractivity contribution in [3.05, 3.63) is 57.0 Å². The lowest BCUT2D eigenvalue weighted by molar-refractivity contribution is -0.126. The smallest absolute Gasteiger partial charge is 0.246 e. The maximum atomic E-state index is 13.2. The number of ether oxygens (including phenoxy) is 1. The molecule has 180 valence electrons. The highest BCUT2D eigenvalue weighted by Gasteiger charge is 2.38. The molecule has 1 amide bonds. The third-order valence-electron chi connectivity index (χ3n) is 5.34. The van der Waals surface area contributed by atoms with E-state index in [1.807, 2.05) is 43.3 Å². The summed E-state index contributed by atoms with van der Waals surface area (Å²) in [6, 6.07) is 10.1. The molecule has 1 atom stereocenters. The highest BCUT2D eigenvalue weighted by atomic mass is 35.5. The van der Waals surface area contributed by atoms with Crippen LogP contribution in [-0.2, 0) is 26.1 Å². The Morgan fingerprint density at radius 3 is 2.39 bits per heavy atom. The summed E-state index contributed by atoms with van der Waals surface area (Å²) >= 11 is 18.2. The number of benzene rings is 2. The number of carbonyl (C=O) groups excluding carboxylic acids is 1. The quantitative estimate of drug-likeness (QED) is 0.522. The fourth-order valence-corrected chi connectivity index (χ4v) is 6.81. The number of amides is 1. The molecule has 1 heterocycles. The Bertz CT molecular complexity index is 1070. The first-order valence-electron chi connectivity index (χ1n) is 10.4. The van der Waals surface area contributed by atoms with Crippen LogP contribution < -0.4 is 10.2 Å². The molecule has 1 aliphatic rings. The van der Waals surface area contributed by atoms with E-state index < -0.39 is 16.1 Å². The van der Waals surface area contributed by atoms with Crippen LogP contribution in [0.3, 0.4) is 0 Å². The van der Waals surface area contributed by atoms with Crippen molar-refractivity contribution < 1.29 is 17.9 Å². The molecule has 11 heteroatoms. The summed E-state index contributed by atoms with van der Waals surface area (Å²) in [7, 11) is -0.0222. The van der Waals surface area contributed by atoms with Crippen LogP contribution in [0.5, 0.6) is 0 Å². The summed E-state index contributed by atoms with van der Waals surface area (Å²) in [5, 5.41) is 3.00. The van der Waals surface area contributed by atoms with E-state index in [9.17, 15) is 13.2 Å². The van der Waals surface area contributed by atoms with Gasteiger partial charge in [0, 0.05) is 43.9 Å². The number of hydrogen-bond acceptors (Lipinski definition) is 5. The molecule has 0 aliphatic carbocycles. The molecular weight excluding hydrogens is 509 g/mol. The Balaban J connectivity index is 1.53. The number of anilines is 1. The van der Waals surface area contributed by atoms with Crippen molar-refractivity contribution in [2.24, 2.45) is 0 Å². The number of hydrogen-bond donors (Lipinski definition) is 1. The van der Waals surface area contributed by atoms with Gasteiger partial charge in [0.05, 0.1) is 16.7 Å². The number of nitrogens with zero attached hydrogens (tertiary/aromatic N) is 2. The van der Waals surface area contributed by atoms with Gasteiger partial charge in [0.2, 0.25) is 15.9 Å². The highest BCUT2D eigenvalue weighted by Crippen LogP contribution is 2.37. The molecular formula is C22H26Cl3N3O4S. The van der Waals surface area contributed by atoms with E-state index >= 15 is 0 Å². The minimum Gasteiger partial charge on any atom is -0.378 e. The van der Waals surface area contributed by atoms with E-state index in [0.717, 1.165) is 11.3 Å². The lowest BCUT2D eigenvalue weighted by atomic mass is 10.2. The molecule has 3 rings (SSSR count). The van der Waals surface area contributed by atoms with Crippen molar-refractivity contribution in [2.45, 2.75) is 30.3 Å². The second-order valence-corrected chi connectivity index (χ2v) is 11.0. The van der Waals surface area contributed by atoms with Gasteiger partial charge >= 0.3 is 0 Å². The van der Waals surface area contributed by atoms with Gasteiger partial charge in [-0.15, -0.1) is 0 Å². The van der Waals surface area contributed by atoms with Crippen molar-refractivity contribution >= 4 is 56.4 Å². The van der Waals surface area contributed by atoms with Gasteiger partial charge < -0.3 is 15.0 Å². The summed E-state index contributed by atoms with van der Waals surface area (Å²) in [4.78, 5) is 14.0. The van der Waals surface area contributed by atoms with E-state index in [2.05, 4.69) is 5.32 Å². The van der Waals surface area contributed by atoms with Crippen molar-refractivity contribution in [1.29, 1.82) is 0 Å². The van der Waals surface area contributed by atoms with Gasteiger partial charge in [-0.1, -0.05) is 46.9 Å². The zero-order valence-corrected chi connectivity index (χ0v) is 21.4. The van der Waals surface area contributed by atoms with Crippen LogP contribution in [0.2, 0.25) is 15.1 Å². The van der Waals surface area contributed by atoms with E-state index in [1.54, 1.807) is 0 Å². The van der Waals surface area contributed by atoms with Gasteiger partial charge in [-0.25, -0.2) is 8.42 Å². The highest BCUT2D eigenvalue weighted by molar-refractivity contribution is 7.89. The molecule has 0 spiro atoms. The normalized spacial score (nSPS) is 16.7. The number of nitrogens with one attached hydrogen (secondary N) is 1. The maximum Gasteiger partial charge on any atom is 0.246 e. The molecule has 1 aliphatic heterocycles. The van der Waals surface area contributed by atoms with Gasteiger partial charge in [0.15, 0.2) is 0 Å². The minimum absolute atomic E-state index is 0.0305. The summed E-state index contributed by atoms with van der Waals surface area (Å²) in [5.41, 5.74) is 2.05. The standard InChI is InChI=1S/C22H26Cl3N3O4S/c1-27(2)17-7-5-15(6-8-17)12-26-21(29)14-32-13-18-4-3-9-28(18)33(30,31)22-19(24)10-16(23)11-20(22)25/h5-8,10-11,18H,3-4,9,12-14H2,1-2H3,(H,26,29). The van der Waals surface area contributed by atoms with Crippen LogP contribution in [0.15, 0.2) is 41.3 Å². The fraction of sp³-hybridized carbons (Fsp3) is 0.409. The van der Waals surface area contributed by atoms with Crippen LogP contribution in [0.4, 0.5) is 5.69 Å². The molecule has 1 saturated heterocycles. The van der Waals surface area contributed by atoms with Crippen molar-refractivity contribution in [3.8, 4) is 0 Å². The van der Waals surface area contributed by atoms with Crippen molar-refractivity contribution in [3.63, 3.8) is 0 Å². The molecule has 0 saturated carbocycles. The zero-order chi connectivity index (χ0) is 24.2. The number of carbonyl (C=O) groups is 1. The van der Waals surface area contributed by atoms with Crippen LogP contribution in [-0.4, -0.2) is 58.5 Å². The van der Waals surface area contributed by atoms with Gasteiger partial charge in [0.25, 0.3) is 0 Å². The topological polar surface area (TPSA) is 79.0 Å². The molecule has 2 aromatic rings. The zero-order valence-electron chi connectivity index (χ0n) is 18.4. The largest absolute Gasteiger partial charge is 0.378 e. The molecule has 2 aromatic carbocycles. The molecule has 0 bridgehead atoms. The number of rotatable bonds is 9. The fourth-order valence-electron chi connectivity index (χ4n) is 3.64. The van der Waals surface area contributed by atoms with Gasteiger partial charge in [0.1, 0.15) is 11.5 Å². The third kappa shape index (κ3) is 6.53. The molecule has 0 radical (unpaired) electrons. The van der Waals surface area contributed by atoms with Gasteiger partial charge in [-0.05, 0) is 42.7 Å². The molecule has 7 nitrogen and oxygen atoms in total. The Morgan fingerprint density at radius 1 is 1.15 bits per heavy atom. The predicted octanol–water partition coefficient (Wildman–Crippen LogP) is 4.20. The average Bonchev–Trinajstić information content (AvgIpc) is 3.21. The van der Waals surface area contributed by atoms with E-state index in [-0.39, 0.29) is 39.1 Å². The van der Waals surface area contributed by atoms with Crippen LogP contribution in [0.25, 0.3) is 0 Å². The molecule has 1 fully saturated rings. The third-order valence-corrected chi connectivity index (χ3v) is 8.43.